The van der Waals surface area contributed by atoms with Gasteiger partial charge in [-0.2, -0.15) is 0 Å². The molecule has 2 aliphatic rings. The minimum absolute atomic E-state index is 0.0747. The number of hydrogen-bond acceptors (Lipinski definition) is 4. The van der Waals surface area contributed by atoms with Crippen molar-refractivity contribution in [3.63, 3.8) is 0 Å². The number of nitrogens with zero attached hydrogens (tertiary/aromatic N) is 1. The molecule has 0 bridgehead atoms. The van der Waals surface area contributed by atoms with Crippen molar-refractivity contribution in [2.45, 2.75) is 45.1 Å². The average molecular weight is 465 g/mol. The quantitative estimate of drug-likeness (QED) is 0.548. The summed E-state index contributed by atoms with van der Waals surface area (Å²) in [6.07, 6.45) is 1.99. The first-order chi connectivity index (χ1) is 16.4. The highest BCUT2D eigenvalue weighted by atomic mass is 16.5. The molecule has 4 rings (SSSR count). The first-order valence-electron chi connectivity index (χ1n) is 12.0. The second-order valence-electron chi connectivity index (χ2n) is 9.39. The van der Waals surface area contributed by atoms with E-state index in [1.165, 1.54) is 4.90 Å². The topological polar surface area (TPSA) is 95.9 Å². The number of carbonyl (C=O) groups excluding carboxylic acids is 2. The van der Waals surface area contributed by atoms with E-state index in [2.05, 4.69) is 29.6 Å². The van der Waals surface area contributed by atoms with Gasteiger partial charge in [0.2, 0.25) is 5.91 Å². The fourth-order valence-electron chi connectivity index (χ4n) is 4.65. The van der Waals surface area contributed by atoms with Gasteiger partial charge in [-0.3, -0.25) is 9.59 Å². The highest BCUT2D eigenvalue weighted by molar-refractivity contribution is 5.88. The van der Waals surface area contributed by atoms with Crippen LogP contribution in [0.4, 0.5) is 4.79 Å². The van der Waals surface area contributed by atoms with Crippen molar-refractivity contribution in [3.05, 3.63) is 59.7 Å². The lowest BCUT2D eigenvalue weighted by Gasteiger charge is -2.29. The standard InChI is InChI=1S/C27H32N2O5/c1-3-17(2)25(26(32)29(15-24(30)31)14-18-12-13-18)28-27(33)34-16-23-21-10-6-4-8-19(21)20-9-5-7-11-22(20)23/h4-11,17-18,23,25H,3,12-16H2,1-2H3,(H,28,33)(H,30,31). The SMILES string of the molecule is CCC(C)C(NC(=O)OCC1c2ccccc2-c2ccccc21)C(=O)N(CC(=O)O)CC1CC1. The van der Waals surface area contributed by atoms with E-state index in [-0.39, 0.29) is 30.9 Å². The smallest absolute Gasteiger partial charge is 0.407 e. The zero-order valence-electron chi connectivity index (χ0n) is 19.7. The number of hydrogen-bond donors (Lipinski definition) is 2. The lowest BCUT2D eigenvalue weighted by molar-refractivity contribution is -0.146. The third kappa shape index (κ3) is 5.24. The monoisotopic (exact) mass is 464 g/mol. The van der Waals surface area contributed by atoms with Crippen LogP contribution in [-0.4, -0.2) is 53.7 Å². The molecule has 34 heavy (non-hydrogen) atoms. The number of carbonyl (C=O) groups is 3. The van der Waals surface area contributed by atoms with Crippen LogP contribution >= 0.6 is 0 Å². The minimum Gasteiger partial charge on any atom is -0.480 e. The Morgan fingerprint density at radius 3 is 2.18 bits per heavy atom. The van der Waals surface area contributed by atoms with Crippen LogP contribution in [0.1, 0.15) is 50.2 Å². The second-order valence-corrected chi connectivity index (χ2v) is 9.39. The summed E-state index contributed by atoms with van der Waals surface area (Å²) in [4.78, 5) is 38.8. The summed E-state index contributed by atoms with van der Waals surface area (Å²) in [6, 6.07) is 15.4. The van der Waals surface area contributed by atoms with Crippen molar-refractivity contribution in [1.82, 2.24) is 10.2 Å². The second kappa shape index (κ2) is 10.3. The number of aliphatic carboxylic acids is 1. The molecule has 2 aliphatic carbocycles. The number of carboxylic acids is 1. The molecule has 1 fully saturated rings. The van der Waals surface area contributed by atoms with Crippen LogP contribution in [0.2, 0.25) is 0 Å². The van der Waals surface area contributed by atoms with E-state index in [4.69, 9.17) is 4.74 Å². The largest absolute Gasteiger partial charge is 0.480 e. The van der Waals surface area contributed by atoms with Gasteiger partial charge in [0, 0.05) is 12.5 Å². The van der Waals surface area contributed by atoms with Crippen molar-refractivity contribution in [3.8, 4) is 11.1 Å². The lowest BCUT2D eigenvalue weighted by Crippen LogP contribution is -2.53. The molecule has 180 valence electrons. The molecule has 2 atom stereocenters. The van der Waals surface area contributed by atoms with Crippen molar-refractivity contribution in [1.29, 1.82) is 0 Å². The highest BCUT2D eigenvalue weighted by Gasteiger charge is 2.35. The van der Waals surface area contributed by atoms with E-state index in [0.717, 1.165) is 35.1 Å². The maximum atomic E-state index is 13.3. The van der Waals surface area contributed by atoms with E-state index in [1.807, 2.05) is 38.1 Å². The van der Waals surface area contributed by atoms with Gasteiger partial charge in [-0.05, 0) is 46.9 Å². The van der Waals surface area contributed by atoms with Crippen LogP contribution < -0.4 is 5.32 Å². The number of benzene rings is 2. The first-order valence-corrected chi connectivity index (χ1v) is 12.0. The molecular weight excluding hydrogens is 432 g/mol. The predicted octanol–water partition coefficient (Wildman–Crippen LogP) is 4.26. The van der Waals surface area contributed by atoms with E-state index in [1.54, 1.807) is 0 Å². The van der Waals surface area contributed by atoms with Gasteiger partial charge in [0.1, 0.15) is 19.2 Å². The molecule has 2 N–H and O–H groups in total. The van der Waals surface area contributed by atoms with Crippen LogP contribution in [0.25, 0.3) is 11.1 Å². The summed E-state index contributed by atoms with van der Waals surface area (Å²) >= 11 is 0. The molecule has 2 aromatic rings. The Morgan fingerprint density at radius 2 is 1.65 bits per heavy atom. The van der Waals surface area contributed by atoms with Crippen molar-refractivity contribution in [2.75, 3.05) is 19.7 Å². The summed E-state index contributed by atoms with van der Waals surface area (Å²) in [5.74, 6) is -1.32. The molecule has 0 aliphatic heterocycles. The maximum absolute atomic E-state index is 13.3. The number of amides is 2. The summed E-state index contributed by atoms with van der Waals surface area (Å²) in [5, 5.41) is 12.0. The van der Waals surface area contributed by atoms with Crippen molar-refractivity contribution in [2.24, 2.45) is 11.8 Å². The van der Waals surface area contributed by atoms with Crippen LogP contribution in [0, 0.1) is 11.8 Å². The van der Waals surface area contributed by atoms with Crippen LogP contribution in [-0.2, 0) is 14.3 Å². The number of alkyl carbamates (subject to hydrolysis) is 1. The summed E-state index contributed by atoms with van der Waals surface area (Å²) in [6.45, 7) is 4.01. The number of carboxylic acid groups (broad SMARTS) is 1. The summed E-state index contributed by atoms with van der Waals surface area (Å²) in [7, 11) is 0. The normalized spacial score (nSPS) is 16.2. The van der Waals surface area contributed by atoms with Gasteiger partial charge in [0.15, 0.2) is 0 Å². The zero-order chi connectivity index (χ0) is 24.2. The highest BCUT2D eigenvalue weighted by Crippen LogP contribution is 2.44. The molecule has 0 spiro atoms. The lowest BCUT2D eigenvalue weighted by atomic mass is 9.97. The number of nitrogens with one attached hydrogen (secondary N) is 1. The van der Waals surface area contributed by atoms with E-state index >= 15 is 0 Å². The Morgan fingerprint density at radius 1 is 1.06 bits per heavy atom. The number of fused-ring (bicyclic) bond motifs is 3. The molecule has 2 aromatic carbocycles. The van der Waals surface area contributed by atoms with Gasteiger partial charge in [-0.15, -0.1) is 0 Å². The molecular formula is C27H32N2O5. The van der Waals surface area contributed by atoms with Crippen LogP contribution in [0.3, 0.4) is 0 Å². The van der Waals surface area contributed by atoms with Gasteiger partial charge < -0.3 is 20.1 Å². The minimum atomic E-state index is -1.06. The fraction of sp³-hybridized carbons (Fsp3) is 0.444. The van der Waals surface area contributed by atoms with Gasteiger partial charge in [-0.25, -0.2) is 4.79 Å². The van der Waals surface area contributed by atoms with Crippen molar-refractivity contribution >= 4 is 18.0 Å². The Bertz CT molecular complexity index is 1020. The van der Waals surface area contributed by atoms with Crippen LogP contribution in [0.15, 0.2) is 48.5 Å². The molecule has 0 aromatic heterocycles. The molecule has 0 saturated heterocycles. The molecule has 7 heteroatoms. The number of rotatable bonds is 10. The van der Waals surface area contributed by atoms with Crippen LogP contribution in [0.5, 0.6) is 0 Å². The Hall–Kier alpha value is -3.35. The maximum Gasteiger partial charge on any atom is 0.407 e. The Labute approximate surface area is 200 Å². The number of ether oxygens (including phenoxy) is 1. The Balaban J connectivity index is 1.44. The fourth-order valence-corrected chi connectivity index (χ4v) is 4.65. The molecule has 0 heterocycles. The van der Waals surface area contributed by atoms with Crippen molar-refractivity contribution < 1.29 is 24.2 Å². The summed E-state index contributed by atoms with van der Waals surface area (Å²) < 4.78 is 5.63. The van der Waals surface area contributed by atoms with Gasteiger partial charge >= 0.3 is 12.1 Å². The third-order valence-corrected chi connectivity index (χ3v) is 6.91. The molecule has 7 nitrogen and oxygen atoms in total. The third-order valence-electron chi connectivity index (χ3n) is 6.91. The van der Waals surface area contributed by atoms with E-state index < -0.39 is 18.1 Å². The summed E-state index contributed by atoms with van der Waals surface area (Å²) in [5.41, 5.74) is 4.51. The zero-order valence-corrected chi connectivity index (χ0v) is 19.7. The first kappa shape index (κ1) is 23.8. The van der Waals surface area contributed by atoms with E-state index in [9.17, 15) is 19.5 Å². The molecule has 2 amide bonds. The molecule has 1 saturated carbocycles. The average Bonchev–Trinajstić information content (AvgIpc) is 3.60. The van der Waals surface area contributed by atoms with Gasteiger partial charge in [0.25, 0.3) is 0 Å². The molecule has 2 unspecified atom stereocenters. The van der Waals surface area contributed by atoms with E-state index in [0.29, 0.717) is 18.9 Å². The Kier molecular flexibility index (Phi) is 7.20. The predicted molar refractivity (Wildman–Crippen MR) is 128 cm³/mol. The van der Waals surface area contributed by atoms with Gasteiger partial charge in [-0.1, -0.05) is 68.8 Å². The molecule has 0 radical (unpaired) electrons. The van der Waals surface area contributed by atoms with Gasteiger partial charge in [0.05, 0.1) is 0 Å².